The molecule has 1 aromatic carbocycles. The minimum absolute atomic E-state index is 0.254. The SMILES string of the molecule is CC(C)=CCCC(C)Nc1cccc(N2CCS(=O)(=O)CC2)c1. The van der Waals surface area contributed by atoms with E-state index in [0.29, 0.717) is 19.1 Å². The van der Waals surface area contributed by atoms with Gasteiger partial charge in [0.15, 0.2) is 9.84 Å². The monoisotopic (exact) mass is 336 g/mol. The Morgan fingerprint density at radius 2 is 2.00 bits per heavy atom. The molecule has 4 nitrogen and oxygen atoms in total. The number of benzene rings is 1. The van der Waals surface area contributed by atoms with Crippen LogP contribution >= 0.6 is 0 Å². The van der Waals surface area contributed by atoms with Gasteiger partial charge in [0.2, 0.25) is 0 Å². The van der Waals surface area contributed by atoms with Gasteiger partial charge in [-0.3, -0.25) is 0 Å². The number of hydrogen-bond acceptors (Lipinski definition) is 4. The van der Waals surface area contributed by atoms with Crippen molar-refractivity contribution in [3.63, 3.8) is 0 Å². The van der Waals surface area contributed by atoms with Crippen molar-refractivity contribution in [1.29, 1.82) is 0 Å². The lowest BCUT2D eigenvalue weighted by atomic mass is 10.1. The van der Waals surface area contributed by atoms with E-state index >= 15 is 0 Å². The molecule has 0 aromatic heterocycles. The summed E-state index contributed by atoms with van der Waals surface area (Å²) in [5.41, 5.74) is 3.56. The summed E-state index contributed by atoms with van der Waals surface area (Å²) in [7, 11) is -2.83. The maximum atomic E-state index is 11.5. The van der Waals surface area contributed by atoms with Crippen molar-refractivity contribution < 1.29 is 8.42 Å². The van der Waals surface area contributed by atoms with Crippen LogP contribution in [0.2, 0.25) is 0 Å². The molecule has 2 rings (SSSR count). The van der Waals surface area contributed by atoms with E-state index in [1.165, 1.54) is 5.57 Å². The van der Waals surface area contributed by atoms with Crippen LogP contribution in [-0.4, -0.2) is 39.1 Å². The molecule has 1 aliphatic heterocycles. The van der Waals surface area contributed by atoms with Gasteiger partial charge in [-0.05, 0) is 51.8 Å². The second-order valence-corrected chi connectivity index (χ2v) is 8.90. The average molecular weight is 337 g/mol. The predicted molar refractivity (Wildman–Crippen MR) is 99.1 cm³/mol. The first kappa shape index (κ1) is 17.9. The molecule has 1 fully saturated rings. The largest absolute Gasteiger partial charge is 0.383 e. The fourth-order valence-corrected chi connectivity index (χ4v) is 3.94. The van der Waals surface area contributed by atoms with E-state index in [1.54, 1.807) is 0 Å². The summed E-state index contributed by atoms with van der Waals surface area (Å²) in [6, 6.07) is 8.68. The summed E-state index contributed by atoms with van der Waals surface area (Å²) >= 11 is 0. The number of rotatable bonds is 6. The Labute approximate surface area is 140 Å². The molecule has 1 heterocycles. The van der Waals surface area contributed by atoms with E-state index in [4.69, 9.17) is 0 Å². The summed E-state index contributed by atoms with van der Waals surface area (Å²) < 4.78 is 23.1. The Bertz CT molecular complexity index is 635. The average Bonchev–Trinajstić information content (AvgIpc) is 2.47. The number of allylic oxidation sites excluding steroid dienone is 2. The third-order valence-electron chi connectivity index (χ3n) is 4.12. The van der Waals surface area contributed by atoms with Crippen LogP contribution in [0.15, 0.2) is 35.9 Å². The lowest BCUT2D eigenvalue weighted by Crippen LogP contribution is -2.40. The minimum Gasteiger partial charge on any atom is -0.383 e. The second-order valence-electron chi connectivity index (χ2n) is 6.59. The quantitative estimate of drug-likeness (QED) is 0.808. The molecule has 0 aliphatic carbocycles. The van der Waals surface area contributed by atoms with E-state index in [-0.39, 0.29) is 11.5 Å². The molecule has 0 radical (unpaired) electrons. The van der Waals surface area contributed by atoms with Gasteiger partial charge in [0.25, 0.3) is 0 Å². The van der Waals surface area contributed by atoms with Crippen molar-refractivity contribution in [1.82, 2.24) is 0 Å². The zero-order valence-electron chi connectivity index (χ0n) is 14.4. The molecule has 1 aliphatic rings. The lowest BCUT2D eigenvalue weighted by molar-refractivity contribution is 0.587. The standard InChI is InChI=1S/C18H28N2O2S/c1-15(2)6-4-7-16(3)19-17-8-5-9-18(14-17)20-10-12-23(21,22)13-11-20/h5-6,8-9,14,16,19H,4,7,10-13H2,1-3H3. The van der Waals surface area contributed by atoms with Crippen molar-refractivity contribution in [2.75, 3.05) is 34.8 Å². The maximum absolute atomic E-state index is 11.5. The summed E-state index contributed by atoms with van der Waals surface area (Å²) in [6.45, 7) is 7.61. The third kappa shape index (κ3) is 5.90. The molecule has 1 unspecified atom stereocenters. The van der Waals surface area contributed by atoms with E-state index in [0.717, 1.165) is 24.2 Å². The highest BCUT2D eigenvalue weighted by Gasteiger charge is 2.21. The molecule has 1 saturated heterocycles. The van der Waals surface area contributed by atoms with Crippen LogP contribution in [0.5, 0.6) is 0 Å². The molecular weight excluding hydrogens is 308 g/mol. The van der Waals surface area contributed by atoms with Crippen LogP contribution in [-0.2, 0) is 9.84 Å². The van der Waals surface area contributed by atoms with Crippen LogP contribution in [0.3, 0.4) is 0 Å². The second kappa shape index (κ2) is 7.86. The Morgan fingerprint density at radius 1 is 1.30 bits per heavy atom. The summed E-state index contributed by atoms with van der Waals surface area (Å²) in [5, 5.41) is 3.54. The maximum Gasteiger partial charge on any atom is 0.153 e. The van der Waals surface area contributed by atoms with Gasteiger partial charge in [-0.25, -0.2) is 8.42 Å². The number of hydrogen-bond donors (Lipinski definition) is 1. The van der Waals surface area contributed by atoms with Gasteiger partial charge < -0.3 is 10.2 Å². The van der Waals surface area contributed by atoms with Crippen LogP contribution in [0, 0.1) is 0 Å². The molecule has 5 heteroatoms. The molecule has 1 atom stereocenters. The van der Waals surface area contributed by atoms with Crippen molar-refractivity contribution in [3.05, 3.63) is 35.9 Å². The summed E-state index contributed by atoms with van der Waals surface area (Å²) in [5.74, 6) is 0.507. The zero-order chi connectivity index (χ0) is 16.9. The van der Waals surface area contributed by atoms with Gasteiger partial charge in [-0.15, -0.1) is 0 Å². The Morgan fingerprint density at radius 3 is 2.65 bits per heavy atom. The normalized spacial score (nSPS) is 18.3. The lowest BCUT2D eigenvalue weighted by Gasteiger charge is -2.29. The highest BCUT2D eigenvalue weighted by atomic mass is 32.2. The van der Waals surface area contributed by atoms with Gasteiger partial charge in [0, 0.05) is 30.5 Å². The van der Waals surface area contributed by atoms with E-state index in [2.05, 4.69) is 55.3 Å². The Kier molecular flexibility index (Phi) is 6.10. The van der Waals surface area contributed by atoms with E-state index < -0.39 is 9.84 Å². The molecule has 0 spiro atoms. The van der Waals surface area contributed by atoms with E-state index in [9.17, 15) is 8.42 Å². The molecule has 23 heavy (non-hydrogen) atoms. The van der Waals surface area contributed by atoms with Crippen LogP contribution in [0.1, 0.15) is 33.6 Å². The molecule has 1 aromatic rings. The van der Waals surface area contributed by atoms with Gasteiger partial charge in [-0.2, -0.15) is 0 Å². The predicted octanol–water partition coefficient (Wildman–Crippen LogP) is 3.47. The first-order valence-electron chi connectivity index (χ1n) is 8.31. The van der Waals surface area contributed by atoms with Crippen LogP contribution < -0.4 is 10.2 Å². The molecular formula is C18H28N2O2S. The Hall–Kier alpha value is -1.49. The van der Waals surface area contributed by atoms with Crippen LogP contribution in [0.4, 0.5) is 11.4 Å². The van der Waals surface area contributed by atoms with Gasteiger partial charge >= 0.3 is 0 Å². The highest BCUT2D eigenvalue weighted by molar-refractivity contribution is 7.91. The molecule has 0 amide bonds. The molecule has 0 saturated carbocycles. The number of sulfone groups is 1. The molecule has 128 valence electrons. The van der Waals surface area contributed by atoms with Crippen molar-refractivity contribution in [2.45, 2.75) is 39.7 Å². The van der Waals surface area contributed by atoms with Gasteiger partial charge in [-0.1, -0.05) is 17.7 Å². The molecule has 1 N–H and O–H groups in total. The summed E-state index contributed by atoms with van der Waals surface area (Å²) in [6.07, 6.45) is 4.44. The first-order valence-corrected chi connectivity index (χ1v) is 10.1. The topological polar surface area (TPSA) is 49.4 Å². The van der Waals surface area contributed by atoms with Crippen molar-refractivity contribution in [2.24, 2.45) is 0 Å². The third-order valence-corrected chi connectivity index (χ3v) is 5.73. The Balaban J connectivity index is 1.93. The fourth-order valence-electron chi connectivity index (χ4n) is 2.74. The van der Waals surface area contributed by atoms with Gasteiger partial charge in [0.05, 0.1) is 11.5 Å². The minimum atomic E-state index is -2.83. The zero-order valence-corrected chi connectivity index (χ0v) is 15.2. The summed E-state index contributed by atoms with van der Waals surface area (Å²) in [4.78, 5) is 2.15. The number of nitrogens with zero attached hydrogens (tertiary/aromatic N) is 1. The highest BCUT2D eigenvalue weighted by Crippen LogP contribution is 2.22. The number of nitrogens with one attached hydrogen (secondary N) is 1. The molecule has 0 bridgehead atoms. The van der Waals surface area contributed by atoms with Crippen LogP contribution in [0.25, 0.3) is 0 Å². The van der Waals surface area contributed by atoms with Crippen molar-refractivity contribution in [3.8, 4) is 0 Å². The van der Waals surface area contributed by atoms with Gasteiger partial charge in [0.1, 0.15) is 0 Å². The van der Waals surface area contributed by atoms with Crippen molar-refractivity contribution >= 4 is 21.2 Å². The number of anilines is 2. The van der Waals surface area contributed by atoms with E-state index in [1.807, 2.05) is 6.07 Å². The first-order chi connectivity index (χ1) is 10.9. The fraction of sp³-hybridized carbons (Fsp3) is 0.556. The smallest absolute Gasteiger partial charge is 0.153 e.